The molecule has 0 spiro atoms. The van der Waals surface area contributed by atoms with Crippen molar-refractivity contribution < 1.29 is 19.4 Å². The van der Waals surface area contributed by atoms with Crippen molar-refractivity contribution in [3.05, 3.63) is 131 Å². The Kier molecular flexibility index (Phi) is 7.35. The predicted octanol–water partition coefficient (Wildman–Crippen LogP) is 5.95. The number of ether oxygens (including phenoxy) is 1. The first-order valence-corrected chi connectivity index (χ1v) is 11.0. The van der Waals surface area contributed by atoms with Crippen LogP contribution < -0.4 is 4.74 Å². The molecule has 0 heterocycles. The second kappa shape index (κ2) is 11.0. The van der Waals surface area contributed by atoms with E-state index in [-0.39, 0.29) is 17.9 Å². The summed E-state index contributed by atoms with van der Waals surface area (Å²) >= 11 is 0. The molecule has 0 saturated heterocycles. The Bertz CT molecular complexity index is 1240. The van der Waals surface area contributed by atoms with Crippen molar-refractivity contribution in [3.63, 3.8) is 0 Å². The molecule has 4 aromatic rings. The highest BCUT2D eigenvalue weighted by atomic mass is 16.5. The Morgan fingerprint density at radius 1 is 0.647 bits per heavy atom. The molecule has 1 N–H and O–H groups in total. The highest BCUT2D eigenvalue weighted by Crippen LogP contribution is 2.22. The molecule has 34 heavy (non-hydrogen) atoms. The van der Waals surface area contributed by atoms with Gasteiger partial charge in [-0.1, -0.05) is 78.9 Å². The summed E-state index contributed by atoms with van der Waals surface area (Å²) in [6, 6.07) is 33.6. The number of nitrogens with zero attached hydrogens (tertiary/aromatic N) is 1. The SMILES string of the molecule is O=C(O)c1ccccc1CC(=O)N(Cc1ccccc1)Cc1ccc(Oc2ccccc2)cc1. The van der Waals surface area contributed by atoms with E-state index in [1.54, 1.807) is 23.1 Å². The summed E-state index contributed by atoms with van der Waals surface area (Å²) in [5.74, 6) is 0.300. The van der Waals surface area contributed by atoms with Gasteiger partial charge >= 0.3 is 5.97 Å². The maximum absolute atomic E-state index is 13.3. The van der Waals surface area contributed by atoms with Crippen molar-refractivity contribution in [2.75, 3.05) is 0 Å². The van der Waals surface area contributed by atoms with Gasteiger partial charge in [0.25, 0.3) is 0 Å². The van der Waals surface area contributed by atoms with Crippen molar-refractivity contribution in [2.24, 2.45) is 0 Å². The second-order valence-electron chi connectivity index (χ2n) is 7.93. The van der Waals surface area contributed by atoms with Crippen molar-refractivity contribution >= 4 is 11.9 Å². The second-order valence-corrected chi connectivity index (χ2v) is 7.93. The number of carbonyl (C=O) groups excluding carboxylic acids is 1. The van der Waals surface area contributed by atoms with Gasteiger partial charge in [0.2, 0.25) is 5.91 Å². The molecule has 4 rings (SSSR count). The molecule has 0 aliphatic rings. The van der Waals surface area contributed by atoms with Crippen LogP contribution in [0, 0.1) is 0 Å². The smallest absolute Gasteiger partial charge is 0.335 e. The van der Waals surface area contributed by atoms with Gasteiger partial charge in [0.15, 0.2) is 0 Å². The molecular weight excluding hydrogens is 426 g/mol. The molecule has 0 unspecified atom stereocenters. The van der Waals surface area contributed by atoms with Crippen LogP contribution in [0.1, 0.15) is 27.0 Å². The maximum Gasteiger partial charge on any atom is 0.335 e. The lowest BCUT2D eigenvalue weighted by Crippen LogP contribution is -2.31. The number of hydrogen-bond acceptors (Lipinski definition) is 3. The molecule has 1 amide bonds. The standard InChI is InChI=1S/C29H25NO4/c31-28(19-24-11-7-8-14-27(24)29(32)33)30(20-22-9-3-1-4-10-22)21-23-15-17-26(18-16-23)34-25-12-5-2-6-13-25/h1-18H,19-21H2,(H,32,33). The monoisotopic (exact) mass is 451 g/mol. The summed E-state index contributed by atoms with van der Waals surface area (Å²) in [6.07, 6.45) is 0.0184. The number of benzene rings is 4. The van der Waals surface area contributed by atoms with Crippen LogP contribution in [-0.4, -0.2) is 21.9 Å². The highest BCUT2D eigenvalue weighted by Gasteiger charge is 2.19. The maximum atomic E-state index is 13.3. The summed E-state index contributed by atoms with van der Waals surface area (Å²) in [6.45, 7) is 0.825. The first-order valence-electron chi connectivity index (χ1n) is 11.0. The molecule has 170 valence electrons. The van der Waals surface area contributed by atoms with Gasteiger partial charge < -0.3 is 14.7 Å². The number of amides is 1. The number of carboxylic acid groups (broad SMARTS) is 1. The summed E-state index contributed by atoms with van der Waals surface area (Å²) in [5, 5.41) is 9.48. The van der Waals surface area contributed by atoms with E-state index in [9.17, 15) is 14.7 Å². The third-order valence-corrected chi connectivity index (χ3v) is 5.43. The van der Waals surface area contributed by atoms with E-state index in [0.717, 1.165) is 16.9 Å². The number of rotatable bonds is 9. The molecule has 0 aliphatic carbocycles. The number of para-hydroxylation sites is 1. The molecule has 0 fully saturated rings. The molecule has 0 saturated carbocycles. The normalized spacial score (nSPS) is 10.5. The van der Waals surface area contributed by atoms with Crippen molar-refractivity contribution in [1.29, 1.82) is 0 Å². The fourth-order valence-corrected chi connectivity index (χ4v) is 3.70. The fourth-order valence-electron chi connectivity index (χ4n) is 3.70. The summed E-state index contributed by atoms with van der Waals surface area (Å²) in [4.78, 5) is 26.6. The zero-order valence-corrected chi connectivity index (χ0v) is 18.6. The van der Waals surface area contributed by atoms with Gasteiger partial charge in [0.1, 0.15) is 11.5 Å². The Labute approximate surface area is 198 Å². The summed E-state index contributed by atoms with van der Waals surface area (Å²) in [7, 11) is 0. The van der Waals surface area contributed by atoms with E-state index in [1.165, 1.54) is 6.07 Å². The third-order valence-electron chi connectivity index (χ3n) is 5.43. The van der Waals surface area contributed by atoms with E-state index >= 15 is 0 Å². The van der Waals surface area contributed by atoms with Gasteiger partial charge in [0, 0.05) is 13.1 Å². The van der Waals surface area contributed by atoms with Crippen LogP contribution in [-0.2, 0) is 24.3 Å². The Hall–Kier alpha value is -4.38. The zero-order chi connectivity index (χ0) is 23.8. The Balaban J connectivity index is 1.52. The molecule has 5 nitrogen and oxygen atoms in total. The highest BCUT2D eigenvalue weighted by molar-refractivity contribution is 5.91. The van der Waals surface area contributed by atoms with Crippen molar-refractivity contribution in [3.8, 4) is 11.5 Å². The molecule has 5 heteroatoms. The van der Waals surface area contributed by atoms with Crippen molar-refractivity contribution in [2.45, 2.75) is 19.5 Å². The van der Waals surface area contributed by atoms with Crippen LogP contribution in [0.15, 0.2) is 109 Å². The lowest BCUT2D eigenvalue weighted by Gasteiger charge is -2.24. The van der Waals surface area contributed by atoms with Gasteiger partial charge in [-0.15, -0.1) is 0 Å². The van der Waals surface area contributed by atoms with Crippen LogP contribution in [0.4, 0.5) is 0 Å². The minimum atomic E-state index is -1.04. The lowest BCUT2D eigenvalue weighted by atomic mass is 10.0. The first kappa shape index (κ1) is 22.8. The first-order chi connectivity index (χ1) is 16.6. The lowest BCUT2D eigenvalue weighted by molar-refractivity contribution is -0.131. The Morgan fingerprint density at radius 2 is 1.18 bits per heavy atom. The zero-order valence-electron chi connectivity index (χ0n) is 18.6. The average molecular weight is 452 g/mol. The number of hydrogen-bond donors (Lipinski definition) is 1. The molecule has 0 bridgehead atoms. The average Bonchev–Trinajstić information content (AvgIpc) is 2.86. The van der Waals surface area contributed by atoms with Gasteiger partial charge in [0.05, 0.1) is 12.0 Å². The third kappa shape index (κ3) is 6.11. The van der Waals surface area contributed by atoms with E-state index < -0.39 is 5.97 Å². The van der Waals surface area contributed by atoms with Crippen LogP contribution in [0.5, 0.6) is 11.5 Å². The largest absolute Gasteiger partial charge is 0.478 e. The molecule has 4 aromatic carbocycles. The van der Waals surface area contributed by atoms with Gasteiger partial charge in [-0.2, -0.15) is 0 Å². The number of aromatic carboxylic acids is 1. The number of carboxylic acids is 1. The summed E-state index contributed by atoms with van der Waals surface area (Å²) in [5.41, 5.74) is 2.62. The van der Waals surface area contributed by atoms with Gasteiger partial charge in [-0.05, 0) is 47.0 Å². The predicted molar refractivity (Wildman–Crippen MR) is 131 cm³/mol. The van der Waals surface area contributed by atoms with Crippen LogP contribution >= 0.6 is 0 Å². The molecule has 0 aliphatic heterocycles. The minimum absolute atomic E-state index is 0.0184. The minimum Gasteiger partial charge on any atom is -0.478 e. The van der Waals surface area contributed by atoms with E-state index in [4.69, 9.17) is 4.74 Å². The van der Waals surface area contributed by atoms with E-state index in [2.05, 4.69) is 0 Å². The van der Waals surface area contributed by atoms with Crippen LogP contribution in [0.3, 0.4) is 0 Å². The molecule has 0 atom stereocenters. The van der Waals surface area contributed by atoms with Gasteiger partial charge in [-0.3, -0.25) is 4.79 Å². The fraction of sp³-hybridized carbons (Fsp3) is 0.103. The topological polar surface area (TPSA) is 66.8 Å². The molecule has 0 radical (unpaired) electrons. The van der Waals surface area contributed by atoms with Crippen molar-refractivity contribution in [1.82, 2.24) is 4.90 Å². The van der Waals surface area contributed by atoms with E-state index in [1.807, 2.05) is 84.9 Å². The van der Waals surface area contributed by atoms with Crippen LogP contribution in [0.2, 0.25) is 0 Å². The quantitative estimate of drug-likeness (QED) is 0.342. The Morgan fingerprint density at radius 3 is 1.82 bits per heavy atom. The summed E-state index contributed by atoms with van der Waals surface area (Å²) < 4.78 is 5.86. The van der Waals surface area contributed by atoms with Gasteiger partial charge in [-0.25, -0.2) is 4.79 Å². The molecule has 0 aromatic heterocycles. The number of carbonyl (C=O) groups is 2. The van der Waals surface area contributed by atoms with Crippen LogP contribution in [0.25, 0.3) is 0 Å². The molecular formula is C29H25NO4. The van der Waals surface area contributed by atoms with E-state index in [0.29, 0.717) is 24.4 Å².